The fourth-order valence-electron chi connectivity index (χ4n) is 4.00. The van der Waals surface area contributed by atoms with Crippen LogP contribution in [-0.2, 0) is 11.0 Å². The van der Waals surface area contributed by atoms with Crippen molar-refractivity contribution in [2.24, 2.45) is 0 Å². The summed E-state index contributed by atoms with van der Waals surface area (Å²) in [5.41, 5.74) is 6.24. The number of hydrogen-bond donors (Lipinski definition) is 5. The molecule has 14 heteroatoms. The van der Waals surface area contributed by atoms with Gasteiger partial charge in [0.2, 0.25) is 0 Å². The van der Waals surface area contributed by atoms with Crippen molar-refractivity contribution in [2.75, 3.05) is 16.1 Å². The zero-order valence-electron chi connectivity index (χ0n) is 24.4. The lowest BCUT2D eigenvalue weighted by atomic mass is 10.1. The largest absolute Gasteiger partial charge is 0.510 e. The Hall–Kier alpha value is -4.58. The standard InChI is InChI=1S/C32H26Cl3F3N4O4/c1-16-10-25(34)28(11-17(16)2)40-31(45)29(18(3)43)42-41-27-9-4-19(12-26(27)35)30(44)39-22-13-20(32(36,37)38)14-24(15-22)46-23-7-5-21(33)6-8-23/h4-15,41-43H,1-3H3,(H,39,44)(H,40,45). The molecule has 0 saturated carbocycles. The van der Waals surface area contributed by atoms with Gasteiger partial charge in [-0.2, -0.15) is 13.2 Å². The number of halogens is 6. The van der Waals surface area contributed by atoms with E-state index in [0.717, 1.165) is 23.3 Å². The zero-order chi connectivity index (χ0) is 33.8. The average molecular weight is 694 g/mol. The van der Waals surface area contributed by atoms with Gasteiger partial charge in [0.15, 0.2) is 5.70 Å². The predicted molar refractivity (Wildman–Crippen MR) is 174 cm³/mol. The topological polar surface area (TPSA) is 112 Å². The Kier molecular flexibility index (Phi) is 10.6. The fraction of sp³-hybridized carbons (Fsp3) is 0.125. The molecule has 2 amide bonds. The molecule has 46 heavy (non-hydrogen) atoms. The molecule has 4 aromatic carbocycles. The summed E-state index contributed by atoms with van der Waals surface area (Å²) in [5.74, 6) is -1.73. The molecule has 4 aromatic rings. The summed E-state index contributed by atoms with van der Waals surface area (Å²) in [7, 11) is 0. The average Bonchev–Trinajstić information content (AvgIpc) is 2.97. The number of alkyl halides is 3. The number of nitrogens with one attached hydrogen (secondary N) is 4. The second-order valence-electron chi connectivity index (χ2n) is 10.0. The van der Waals surface area contributed by atoms with Crippen LogP contribution in [-0.4, -0.2) is 16.9 Å². The first-order valence-electron chi connectivity index (χ1n) is 13.4. The molecule has 0 bridgehead atoms. The van der Waals surface area contributed by atoms with E-state index in [9.17, 15) is 27.9 Å². The van der Waals surface area contributed by atoms with Crippen LogP contribution in [0.5, 0.6) is 11.5 Å². The smallest absolute Gasteiger partial charge is 0.416 e. The molecule has 240 valence electrons. The Morgan fingerprint density at radius 3 is 2.07 bits per heavy atom. The van der Waals surface area contributed by atoms with Crippen LogP contribution in [0.25, 0.3) is 0 Å². The van der Waals surface area contributed by atoms with E-state index < -0.39 is 23.6 Å². The number of carbonyl (C=O) groups excluding carboxylic acids is 2. The van der Waals surface area contributed by atoms with Crippen LogP contribution in [0.1, 0.15) is 34.0 Å². The number of anilines is 3. The number of aliphatic hydroxyl groups is 1. The van der Waals surface area contributed by atoms with E-state index in [-0.39, 0.29) is 44.9 Å². The lowest BCUT2D eigenvalue weighted by Gasteiger charge is -2.17. The SMILES string of the molecule is CC(O)=C(NNc1ccc(C(=O)Nc2cc(Oc3ccc(Cl)cc3)cc(C(F)(F)F)c2)cc1Cl)C(=O)Nc1cc(C)c(C)cc1Cl. The van der Waals surface area contributed by atoms with E-state index in [1.165, 1.54) is 55.5 Å². The molecule has 0 fully saturated rings. The van der Waals surface area contributed by atoms with Gasteiger partial charge >= 0.3 is 6.18 Å². The Labute approximate surface area is 277 Å². The maximum Gasteiger partial charge on any atom is 0.416 e. The van der Waals surface area contributed by atoms with Crippen LogP contribution in [0.2, 0.25) is 15.1 Å². The van der Waals surface area contributed by atoms with E-state index in [0.29, 0.717) is 15.7 Å². The Bertz CT molecular complexity index is 1830. The summed E-state index contributed by atoms with van der Waals surface area (Å²) in [6.45, 7) is 5.02. The van der Waals surface area contributed by atoms with E-state index in [1.54, 1.807) is 12.1 Å². The highest BCUT2D eigenvalue weighted by Crippen LogP contribution is 2.36. The molecule has 0 radical (unpaired) electrons. The predicted octanol–water partition coefficient (Wildman–Crippen LogP) is 9.67. The third kappa shape index (κ3) is 8.78. The molecule has 0 atom stereocenters. The molecular formula is C32H26Cl3F3N4O4. The lowest BCUT2D eigenvalue weighted by Crippen LogP contribution is -2.31. The first-order chi connectivity index (χ1) is 21.6. The van der Waals surface area contributed by atoms with E-state index in [4.69, 9.17) is 39.5 Å². The molecule has 0 aromatic heterocycles. The third-order valence-corrected chi connectivity index (χ3v) is 7.39. The molecule has 0 heterocycles. The number of allylic oxidation sites excluding steroid dienone is 1. The number of rotatable bonds is 9. The fourth-order valence-corrected chi connectivity index (χ4v) is 4.62. The molecule has 0 aliphatic heterocycles. The quantitative estimate of drug-likeness (QED) is 0.0678. The first kappa shape index (κ1) is 34.3. The number of hydrogen-bond acceptors (Lipinski definition) is 6. The van der Waals surface area contributed by atoms with Gasteiger partial charge in [-0.15, -0.1) is 0 Å². The highest BCUT2D eigenvalue weighted by atomic mass is 35.5. The van der Waals surface area contributed by atoms with Gasteiger partial charge in [0.1, 0.15) is 17.3 Å². The highest BCUT2D eigenvalue weighted by Gasteiger charge is 2.32. The lowest BCUT2D eigenvalue weighted by molar-refractivity contribution is -0.137. The van der Waals surface area contributed by atoms with Crippen LogP contribution in [0.4, 0.5) is 30.2 Å². The van der Waals surface area contributed by atoms with Crippen molar-refractivity contribution in [3.63, 3.8) is 0 Å². The van der Waals surface area contributed by atoms with Crippen LogP contribution in [0.3, 0.4) is 0 Å². The monoisotopic (exact) mass is 692 g/mol. The van der Waals surface area contributed by atoms with E-state index in [1.807, 2.05) is 13.8 Å². The summed E-state index contributed by atoms with van der Waals surface area (Å²) in [6, 6.07) is 16.2. The molecule has 0 saturated heterocycles. The van der Waals surface area contributed by atoms with Gasteiger partial charge in [0.05, 0.1) is 27.0 Å². The van der Waals surface area contributed by atoms with Gasteiger partial charge in [0, 0.05) is 22.3 Å². The zero-order valence-corrected chi connectivity index (χ0v) is 26.6. The van der Waals surface area contributed by atoms with Gasteiger partial charge in [-0.25, -0.2) is 0 Å². The van der Waals surface area contributed by atoms with Gasteiger partial charge in [-0.3, -0.25) is 20.4 Å². The van der Waals surface area contributed by atoms with E-state index in [2.05, 4.69) is 21.5 Å². The van der Waals surface area contributed by atoms with Gasteiger partial charge in [-0.05, 0) is 98.6 Å². The Balaban J connectivity index is 1.47. The first-order valence-corrected chi connectivity index (χ1v) is 14.5. The molecule has 0 spiro atoms. The van der Waals surface area contributed by atoms with E-state index >= 15 is 0 Å². The summed E-state index contributed by atoms with van der Waals surface area (Å²) in [5, 5.41) is 15.9. The van der Waals surface area contributed by atoms with Crippen LogP contribution in [0, 0.1) is 13.8 Å². The number of ether oxygens (including phenoxy) is 1. The second kappa shape index (κ2) is 14.2. The summed E-state index contributed by atoms with van der Waals surface area (Å²) in [6.07, 6.45) is -4.72. The molecular weight excluding hydrogens is 668 g/mol. The van der Waals surface area contributed by atoms with Crippen LogP contribution in [0.15, 0.2) is 84.3 Å². The maximum absolute atomic E-state index is 13.6. The molecule has 4 rings (SSSR count). The minimum Gasteiger partial charge on any atom is -0.510 e. The summed E-state index contributed by atoms with van der Waals surface area (Å²) in [4.78, 5) is 25.9. The summed E-state index contributed by atoms with van der Waals surface area (Å²) >= 11 is 18.5. The third-order valence-electron chi connectivity index (χ3n) is 6.51. The summed E-state index contributed by atoms with van der Waals surface area (Å²) < 4.78 is 46.4. The van der Waals surface area contributed by atoms with Crippen molar-refractivity contribution >= 4 is 63.7 Å². The molecule has 0 unspecified atom stereocenters. The molecule has 5 N–H and O–H groups in total. The second-order valence-corrected chi connectivity index (χ2v) is 11.3. The molecule has 0 aliphatic carbocycles. The van der Waals surface area contributed by atoms with Crippen LogP contribution >= 0.6 is 34.8 Å². The molecule has 8 nitrogen and oxygen atoms in total. The Morgan fingerprint density at radius 1 is 0.783 bits per heavy atom. The van der Waals surface area contributed by atoms with Gasteiger partial charge in [0.25, 0.3) is 11.8 Å². The maximum atomic E-state index is 13.6. The highest BCUT2D eigenvalue weighted by molar-refractivity contribution is 6.34. The number of aryl methyl sites for hydroxylation is 2. The minimum atomic E-state index is -4.72. The van der Waals surface area contributed by atoms with Crippen molar-refractivity contribution in [3.05, 3.63) is 122 Å². The minimum absolute atomic E-state index is 0.0171. The van der Waals surface area contributed by atoms with Gasteiger partial charge < -0.3 is 20.5 Å². The van der Waals surface area contributed by atoms with Crippen molar-refractivity contribution in [1.82, 2.24) is 5.43 Å². The van der Waals surface area contributed by atoms with Crippen molar-refractivity contribution < 1.29 is 32.6 Å². The van der Waals surface area contributed by atoms with Crippen molar-refractivity contribution in [3.8, 4) is 11.5 Å². The number of hydrazine groups is 1. The number of aliphatic hydroxyl groups excluding tert-OH is 1. The number of amides is 2. The normalized spacial score (nSPS) is 11.8. The van der Waals surface area contributed by atoms with Crippen molar-refractivity contribution in [2.45, 2.75) is 26.9 Å². The Morgan fingerprint density at radius 2 is 1.43 bits per heavy atom. The van der Waals surface area contributed by atoms with Crippen molar-refractivity contribution in [1.29, 1.82) is 0 Å². The van der Waals surface area contributed by atoms with Gasteiger partial charge in [-0.1, -0.05) is 34.8 Å². The van der Waals surface area contributed by atoms with Crippen LogP contribution < -0.4 is 26.2 Å². The number of benzene rings is 4. The molecule has 0 aliphatic rings. The number of carbonyl (C=O) groups is 2.